The minimum absolute atomic E-state index is 0.132. The lowest BCUT2D eigenvalue weighted by Crippen LogP contribution is -2.43. The number of carbonyl (C=O) groups excluding carboxylic acids is 1. The highest BCUT2D eigenvalue weighted by Crippen LogP contribution is 2.26. The summed E-state index contributed by atoms with van der Waals surface area (Å²) in [7, 11) is 2.16. The number of halogens is 1. The number of likely N-dealkylation sites (N-methyl/N-ethyl adjacent to an activating group) is 1. The standard InChI is InChI=1S/C22H23BrN4OS/c1-26-10-12-27(13-11-26)14-16-2-4-18(5-3-16)21(28)25-22-24-20(15-29-22)17-6-8-19(23)9-7-17/h2-9,15H,10-14H2,1H3,(H,24,25,28). The van der Waals surface area contributed by atoms with E-state index in [1.807, 2.05) is 53.9 Å². The summed E-state index contributed by atoms with van der Waals surface area (Å²) in [5.41, 5.74) is 3.77. The fourth-order valence-electron chi connectivity index (χ4n) is 3.28. The fourth-order valence-corrected chi connectivity index (χ4v) is 4.26. The Morgan fingerprint density at radius 2 is 1.76 bits per heavy atom. The molecule has 1 aliphatic rings. The molecule has 0 atom stereocenters. The molecule has 4 rings (SSSR count). The van der Waals surface area contributed by atoms with Crippen molar-refractivity contribution in [3.8, 4) is 11.3 Å². The molecule has 1 saturated heterocycles. The van der Waals surface area contributed by atoms with E-state index in [4.69, 9.17) is 0 Å². The van der Waals surface area contributed by atoms with Crippen molar-refractivity contribution in [1.82, 2.24) is 14.8 Å². The zero-order chi connectivity index (χ0) is 20.2. The van der Waals surface area contributed by atoms with Crippen LogP contribution in [-0.4, -0.2) is 53.9 Å². The lowest BCUT2D eigenvalue weighted by Gasteiger charge is -2.32. The summed E-state index contributed by atoms with van der Waals surface area (Å²) >= 11 is 4.87. The molecule has 0 unspecified atom stereocenters. The van der Waals surface area contributed by atoms with Gasteiger partial charge in [0.15, 0.2) is 5.13 Å². The van der Waals surface area contributed by atoms with Gasteiger partial charge >= 0.3 is 0 Å². The maximum Gasteiger partial charge on any atom is 0.257 e. The van der Waals surface area contributed by atoms with Crippen molar-refractivity contribution in [2.45, 2.75) is 6.54 Å². The minimum atomic E-state index is -0.132. The first-order valence-corrected chi connectivity index (χ1v) is 11.3. The molecule has 7 heteroatoms. The Hall–Kier alpha value is -2.06. The van der Waals surface area contributed by atoms with Gasteiger partial charge in [-0.3, -0.25) is 15.0 Å². The maximum absolute atomic E-state index is 12.6. The quantitative estimate of drug-likeness (QED) is 0.592. The molecule has 29 heavy (non-hydrogen) atoms. The number of amides is 1. The summed E-state index contributed by atoms with van der Waals surface area (Å²) in [6, 6.07) is 15.8. The summed E-state index contributed by atoms with van der Waals surface area (Å²) in [5.74, 6) is -0.132. The fraction of sp³-hybridized carbons (Fsp3) is 0.273. The third-order valence-corrected chi connectivity index (χ3v) is 6.37. The summed E-state index contributed by atoms with van der Waals surface area (Å²) in [4.78, 5) is 21.9. The van der Waals surface area contributed by atoms with Crippen LogP contribution in [0.5, 0.6) is 0 Å². The molecule has 0 saturated carbocycles. The molecular weight excluding hydrogens is 448 g/mol. The van der Waals surface area contributed by atoms with Crippen molar-refractivity contribution >= 4 is 38.3 Å². The summed E-state index contributed by atoms with van der Waals surface area (Å²) in [5, 5.41) is 5.47. The molecule has 1 fully saturated rings. The Morgan fingerprint density at radius 3 is 2.45 bits per heavy atom. The van der Waals surface area contributed by atoms with Gasteiger partial charge in [0.1, 0.15) is 0 Å². The zero-order valence-corrected chi connectivity index (χ0v) is 18.7. The van der Waals surface area contributed by atoms with Crippen LogP contribution in [0.2, 0.25) is 0 Å². The summed E-state index contributed by atoms with van der Waals surface area (Å²) in [6.07, 6.45) is 0. The number of hydrogen-bond donors (Lipinski definition) is 1. The Bertz CT molecular complexity index is 963. The van der Waals surface area contributed by atoms with Gasteiger partial charge in [0.25, 0.3) is 5.91 Å². The highest BCUT2D eigenvalue weighted by molar-refractivity contribution is 9.10. The van der Waals surface area contributed by atoms with Crippen LogP contribution in [-0.2, 0) is 6.54 Å². The molecule has 0 aliphatic carbocycles. The first-order chi connectivity index (χ1) is 14.1. The number of hydrogen-bond acceptors (Lipinski definition) is 5. The summed E-state index contributed by atoms with van der Waals surface area (Å²) < 4.78 is 1.03. The van der Waals surface area contributed by atoms with E-state index >= 15 is 0 Å². The highest BCUT2D eigenvalue weighted by Gasteiger charge is 2.14. The molecule has 1 N–H and O–H groups in total. The van der Waals surface area contributed by atoms with Crippen molar-refractivity contribution in [2.75, 3.05) is 38.5 Å². The van der Waals surface area contributed by atoms with Crippen LogP contribution in [0.3, 0.4) is 0 Å². The first kappa shape index (κ1) is 20.2. The molecule has 5 nitrogen and oxygen atoms in total. The lowest BCUT2D eigenvalue weighted by atomic mass is 10.1. The van der Waals surface area contributed by atoms with Crippen LogP contribution in [0.1, 0.15) is 15.9 Å². The van der Waals surface area contributed by atoms with E-state index in [2.05, 4.69) is 43.1 Å². The van der Waals surface area contributed by atoms with Gasteiger partial charge in [0, 0.05) is 53.7 Å². The van der Waals surface area contributed by atoms with Gasteiger partial charge in [0.05, 0.1) is 5.69 Å². The van der Waals surface area contributed by atoms with Gasteiger partial charge in [-0.2, -0.15) is 0 Å². The normalized spacial score (nSPS) is 15.4. The number of nitrogens with one attached hydrogen (secondary N) is 1. The maximum atomic E-state index is 12.6. The Kier molecular flexibility index (Phi) is 6.40. The molecule has 3 aromatic rings. The van der Waals surface area contributed by atoms with Gasteiger partial charge < -0.3 is 4.90 Å². The Morgan fingerprint density at radius 1 is 1.07 bits per heavy atom. The Balaban J connectivity index is 1.35. The van der Waals surface area contributed by atoms with Crippen molar-refractivity contribution in [2.24, 2.45) is 0 Å². The van der Waals surface area contributed by atoms with E-state index in [9.17, 15) is 4.79 Å². The van der Waals surface area contributed by atoms with Crippen LogP contribution in [0.15, 0.2) is 58.4 Å². The number of thiazole rings is 1. The second-order valence-corrected chi connectivity index (χ2v) is 9.05. The number of piperazine rings is 1. The van der Waals surface area contributed by atoms with Gasteiger partial charge in [-0.1, -0.05) is 40.2 Å². The average Bonchev–Trinajstić information content (AvgIpc) is 3.19. The third kappa shape index (κ3) is 5.30. The molecule has 1 aliphatic heterocycles. The monoisotopic (exact) mass is 470 g/mol. The third-order valence-electron chi connectivity index (χ3n) is 5.08. The van der Waals surface area contributed by atoms with Gasteiger partial charge in [-0.05, 0) is 36.9 Å². The molecule has 1 amide bonds. The molecule has 0 radical (unpaired) electrons. The van der Waals surface area contributed by atoms with Gasteiger partial charge in [-0.15, -0.1) is 11.3 Å². The largest absolute Gasteiger partial charge is 0.304 e. The zero-order valence-electron chi connectivity index (χ0n) is 16.3. The number of aromatic nitrogens is 1. The molecule has 0 spiro atoms. The van der Waals surface area contributed by atoms with Crippen molar-refractivity contribution in [1.29, 1.82) is 0 Å². The molecule has 0 bridgehead atoms. The first-order valence-electron chi connectivity index (χ1n) is 9.59. The molecule has 2 heterocycles. The second-order valence-electron chi connectivity index (χ2n) is 7.28. The van der Waals surface area contributed by atoms with E-state index in [-0.39, 0.29) is 5.91 Å². The van der Waals surface area contributed by atoms with Crippen molar-refractivity contribution in [3.63, 3.8) is 0 Å². The number of carbonyl (C=O) groups is 1. The SMILES string of the molecule is CN1CCN(Cc2ccc(C(=O)Nc3nc(-c4ccc(Br)cc4)cs3)cc2)CC1. The summed E-state index contributed by atoms with van der Waals surface area (Å²) in [6.45, 7) is 5.32. The van der Waals surface area contributed by atoms with E-state index in [1.165, 1.54) is 16.9 Å². The van der Waals surface area contributed by atoms with Crippen molar-refractivity contribution in [3.05, 3.63) is 69.5 Å². The average molecular weight is 471 g/mol. The number of benzene rings is 2. The van der Waals surface area contributed by atoms with Crippen molar-refractivity contribution < 1.29 is 4.79 Å². The predicted octanol–water partition coefficient (Wildman–Crippen LogP) is 4.57. The van der Waals surface area contributed by atoms with E-state index < -0.39 is 0 Å². The van der Waals surface area contributed by atoms with E-state index in [0.29, 0.717) is 10.7 Å². The molecular formula is C22H23BrN4OS. The van der Waals surface area contributed by atoms with E-state index in [1.54, 1.807) is 0 Å². The highest BCUT2D eigenvalue weighted by atomic mass is 79.9. The molecule has 150 valence electrons. The predicted molar refractivity (Wildman–Crippen MR) is 122 cm³/mol. The van der Waals surface area contributed by atoms with Crippen LogP contribution >= 0.6 is 27.3 Å². The van der Waals surface area contributed by atoms with E-state index in [0.717, 1.165) is 48.5 Å². The Labute approximate surface area is 183 Å². The second kappa shape index (κ2) is 9.17. The lowest BCUT2D eigenvalue weighted by molar-refractivity contribution is 0.102. The number of rotatable bonds is 5. The molecule has 1 aromatic heterocycles. The van der Waals surface area contributed by atoms with Gasteiger partial charge in [0.2, 0.25) is 0 Å². The number of anilines is 1. The van der Waals surface area contributed by atoms with Crippen LogP contribution < -0.4 is 5.32 Å². The smallest absolute Gasteiger partial charge is 0.257 e. The van der Waals surface area contributed by atoms with Gasteiger partial charge in [-0.25, -0.2) is 4.98 Å². The van der Waals surface area contributed by atoms with Crippen LogP contribution in [0.4, 0.5) is 5.13 Å². The number of nitrogens with zero attached hydrogens (tertiary/aromatic N) is 3. The van der Waals surface area contributed by atoms with Crippen LogP contribution in [0, 0.1) is 0 Å². The van der Waals surface area contributed by atoms with Crippen LogP contribution in [0.25, 0.3) is 11.3 Å². The molecule has 2 aromatic carbocycles. The minimum Gasteiger partial charge on any atom is -0.304 e. The topological polar surface area (TPSA) is 48.5 Å².